The molecule has 0 unspecified atom stereocenters. The van der Waals surface area contributed by atoms with Crippen LogP contribution in [0.4, 0.5) is 0 Å². The van der Waals surface area contributed by atoms with E-state index in [1.165, 1.54) is 0 Å². The second-order valence-electron chi connectivity index (χ2n) is 6.33. The molecule has 1 atom stereocenters. The molecule has 2 heterocycles. The van der Waals surface area contributed by atoms with E-state index < -0.39 is 0 Å². The maximum absolute atomic E-state index is 12.8. The highest BCUT2D eigenvalue weighted by atomic mass is 16.3. The highest BCUT2D eigenvalue weighted by Gasteiger charge is 2.30. The molecule has 0 bridgehead atoms. The fourth-order valence-electron chi connectivity index (χ4n) is 3.07. The van der Waals surface area contributed by atoms with Crippen LogP contribution in [0.25, 0.3) is 0 Å². The predicted molar refractivity (Wildman–Crippen MR) is 90.6 cm³/mol. The first-order chi connectivity index (χ1) is 11.6. The number of aryl methyl sites for hydroxylation is 1. The number of rotatable bonds is 7. The standard InChI is InChI=1S/C17H28N4O3/c1-3-8-21-13(2)15(11-19-21)17(24)20-9-4-6-14(12-20)16(23)18-7-5-10-22/h11,14,22H,3-10,12H2,1-2H3,(H,18,23)/t14-/m1/s1. The minimum atomic E-state index is -0.174. The number of hydrogen-bond donors (Lipinski definition) is 2. The summed E-state index contributed by atoms with van der Waals surface area (Å²) in [6.45, 7) is 6.46. The molecule has 1 aliphatic heterocycles. The Morgan fingerprint density at radius 2 is 2.25 bits per heavy atom. The van der Waals surface area contributed by atoms with E-state index in [1.54, 1.807) is 11.1 Å². The van der Waals surface area contributed by atoms with Gasteiger partial charge < -0.3 is 15.3 Å². The number of nitrogens with zero attached hydrogens (tertiary/aromatic N) is 3. The van der Waals surface area contributed by atoms with Crippen LogP contribution in [-0.4, -0.2) is 57.8 Å². The van der Waals surface area contributed by atoms with Crippen LogP contribution in [0, 0.1) is 12.8 Å². The van der Waals surface area contributed by atoms with E-state index in [9.17, 15) is 9.59 Å². The number of hydrogen-bond acceptors (Lipinski definition) is 4. The van der Waals surface area contributed by atoms with Gasteiger partial charge in [0.2, 0.25) is 5.91 Å². The Balaban J connectivity index is 1.98. The van der Waals surface area contributed by atoms with E-state index in [0.29, 0.717) is 31.6 Å². The second-order valence-corrected chi connectivity index (χ2v) is 6.33. The van der Waals surface area contributed by atoms with Crippen molar-refractivity contribution in [2.75, 3.05) is 26.2 Å². The minimum Gasteiger partial charge on any atom is -0.396 e. The van der Waals surface area contributed by atoms with Crippen LogP contribution < -0.4 is 5.32 Å². The van der Waals surface area contributed by atoms with Crippen molar-refractivity contribution < 1.29 is 14.7 Å². The second kappa shape index (κ2) is 8.82. The molecule has 0 saturated carbocycles. The van der Waals surface area contributed by atoms with Crippen molar-refractivity contribution in [2.45, 2.75) is 46.1 Å². The van der Waals surface area contributed by atoms with Gasteiger partial charge >= 0.3 is 0 Å². The Morgan fingerprint density at radius 3 is 2.96 bits per heavy atom. The van der Waals surface area contributed by atoms with Gasteiger partial charge in [0.1, 0.15) is 0 Å². The Morgan fingerprint density at radius 1 is 1.46 bits per heavy atom. The van der Waals surface area contributed by atoms with Crippen molar-refractivity contribution in [3.63, 3.8) is 0 Å². The molecule has 1 saturated heterocycles. The topological polar surface area (TPSA) is 87.5 Å². The summed E-state index contributed by atoms with van der Waals surface area (Å²) in [5, 5.41) is 15.9. The van der Waals surface area contributed by atoms with Gasteiger partial charge in [-0.05, 0) is 32.6 Å². The smallest absolute Gasteiger partial charge is 0.257 e. The number of likely N-dealkylation sites (tertiary alicyclic amines) is 1. The Labute approximate surface area is 143 Å². The van der Waals surface area contributed by atoms with Gasteiger partial charge in [-0.3, -0.25) is 14.3 Å². The molecule has 24 heavy (non-hydrogen) atoms. The first-order valence-electron chi connectivity index (χ1n) is 8.78. The van der Waals surface area contributed by atoms with Gasteiger partial charge in [-0.1, -0.05) is 6.92 Å². The molecule has 0 aromatic carbocycles. The lowest BCUT2D eigenvalue weighted by atomic mass is 9.96. The number of aliphatic hydroxyl groups excluding tert-OH is 1. The van der Waals surface area contributed by atoms with Gasteiger partial charge in [-0.15, -0.1) is 0 Å². The molecule has 1 aliphatic rings. The van der Waals surface area contributed by atoms with Gasteiger partial charge in [0.15, 0.2) is 0 Å². The lowest BCUT2D eigenvalue weighted by Gasteiger charge is -2.32. The summed E-state index contributed by atoms with van der Waals surface area (Å²) in [5.41, 5.74) is 1.51. The van der Waals surface area contributed by atoms with Gasteiger partial charge in [-0.25, -0.2) is 0 Å². The fraction of sp³-hybridized carbons (Fsp3) is 0.706. The first-order valence-corrected chi connectivity index (χ1v) is 8.78. The van der Waals surface area contributed by atoms with E-state index in [2.05, 4.69) is 17.3 Å². The van der Waals surface area contributed by atoms with E-state index in [-0.39, 0.29) is 24.3 Å². The van der Waals surface area contributed by atoms with Crippen molar-refractivity contribution in [1.82, 2.24) is 20.0 Å². The monoisotopic (exact) mass is 336 g/mol. The molecule has 2 rings (SSSR count). The average molecular weight is 336 g/mol. The zero-order valence-corrected chi connectivity index (χ0v) is 14.6. The summed E-state index contributed by atoms with van der Waals surface area (Å²) >= 11 is 0. The van der Waals surface area contributed by atoms with Crippen molar-refractivity contribution in [1.29, 1.82) is 0 Å². The van der Waals surface area contributed by atoms with Crippen molar-refractivity contribution in [2.24, 2.45) is 5.92 Å². The Bertz CT molecular complexity index is 570. The molecule has 1 aromatic heterocycles. The normalized spacial score (nSPS) is 17.8. The molecule has 2 N–H and O–H groups in total. The number of nitrogens with one attached hydrogen (secondary N) is 1. The molecule has 1 aromatic rings. The Hall–Kier alpha value is -1.89. The quantitative estimate of drug-likeness (QED) is 0.726. The van der Waals surface area contributed by atoms with Crippen LogP contribution in [0.5, 0.6) is 0 Å². The van der Waals surface area contributed by atoms with E-state index >= 15 is 0 Å². The zero-order valence-electron chi connectivity index (χ0n) is 14.6. The summed E-state index contributed by atoms with van der Waals surface area (Å²) < 4.78 is 1.86. The number of piperidine rings is 1. The Kier molecular flexibility index (Phi) is 6.78. The third kappa shape index (κ3) is 4.35. The number of carbonyl (C=O) groups excluding carboxylic acids is 2. The first kappa shape index (κ1) is 18.4. The number of aliphatic hydroxyl groups is 1. The maximum Gasteiger partial charge on any atom is 0.257 e. The molecule has 7 nitrogen and oxygen atoms in total. The molecule has 7 heteroatoms. The van der Waals surface area contributed by atoms with Crippen molar-refractivity contribution in [3.05, 3.63) is 17.5 Å². The predicted octanol–water partition coefficient (Wildman–Crippen LogP) is 0.952. The molecule has 134 valence electrons. The summed E-state index contributed by atoms with van der Waals surface area (Å²) in [7, 11) is 0. The SMILES string of the molecule is CCCn1ncc(C(=O)N2CCC[C@@H](C(=O)NCCCO)C2)c1C. The average Bonchev–Trinajstić information content (AvgIpc) is 2.95. The summed E-state index contributed by atoms with van der Waals surface area (Å²) in [5.74, 6) is -0.241. The van der Waals surface area contributed by atoms with Gasteiger partial charge in [0.25, 0.3) is 5.91 Å². The molecule has 1 fully saturated rings. The van der Waals surface area contributed by atoms with Crippen LogP contribution in [0.15, 0.2) is 6.20 Å². The maximum atomic E-state index is 12.8. The highest BCUT2D eigenvalue weighted by molar-refractivity contribution is 5.95. The van der Waals surface area contributed by atoms with Gasteiger partial charge in [0.05, 0.1) is 17.7 Å². The van der Waals surface area contributed by atoms with Crippen molar-refractivity contribution in [3.8, 4) is 0 Å². The van der Waals surface area contributed by atoms with Crippen molar-refractivity contribution >= 4 is 11.8 Å². The van der Waals surface area contributed by atoms with Crippen LogP contribution in [0.2, 0.25) is 0 Å². The zero-order chi connectivity index (χ0) is 17.5. The number of amides is 2. The van der Waals surface area contributed by atoms with Crippen LogP contribution in [0.1, 0.15) is 48.7 Å². The summed E-state index contributed by atoms with van der Waals surface area (Å²) in [4.78, 5) is 26.7. The molecule has 2 amide bonds. The lowest BCUT2D eigenvalue weighted by molar-refractivity contribution is -0.126. The third-order valence-corrected chi connectivity index (χ3v) is 4.48. The fourth-order valence-corrected chi connectivity index (χ4v) is 3.07. The molecular weight excluding hydrogens is 308 g/mol. The number of aromatic nitrogens is 2. The van der Waals surface area contributed by atoms with E-state index in [0.717, 1.165) is 31.5 Å². The summed E-state index contributed by atoms with van der Waals surface area (Å²) in [6.07, 6.45) is 4.78. The van der Waals surface area contributed by atoms with Gasteiger partial charge in [0, 0.05) is 38.5 Å². The van der Waals surface area contributed by atoms with Crippen LogP contribution in [-0.2, 0) is 11.3 Å². The van der Waals surface area contributed by atoms with Gasteiger partial charge in [-0.2, -0.15) is 5.10 Å². The lowest BCUT2D eigenvalue weighted by Crippen LogP contribution is -2.45. The molecule has 0 spiro atoms. The van der Waals surface area contributed by atoms with Crippen LogP contribution in [0.3, 0.4) is 0 Å². The van der Waals surface area contributed by atoms with Crippen LogP contribution >= 0.6 is 0 Å². The molecular formula is C17H28N4O3. The highest BCUT2D eigenvalue weighted by Crippen LogP contribution is 2.20. The minimum absolute atomic E-state index is 0.0284. The third-order valence-electron chi connectivity index (χ3n) is 4.48. The molecule has 0 aliphatic carbocycles. The molecule has 0 radical (unpaired) electrons. The largest absolute Gasteiger partial charge is 0.396 e. The summed E-state index contributed by atoms with van der Waals surface area (Å²) in [6, 6.07) is 0. The van der Waals surface area contributed by atoms with E-state index in [4.69, 9.17) is 5.11 Å². The number of carbonyl (C=O) groups is 2. The van der Waals surface area contributed by atoms with E-state index in [1.807, 2.05) is 11.6 Å².